The summed E-state index contributed by atoms with van der Waals surface area (Å²) in [7, 11) is -2.39. The Bertz CT molecular complexity index is 1020. The topological polar surface area (TPSA) is 92.9 Å². The average molecular weight is 489 g/mol. The van der Waals surface area contributed by atoms with E-state index in [0.717, 1.165) is 48.6 Å². The van der Waals surface area contributed by atoms with Gasteiger partial charge in [0.25, 0.3) is 0 Å². The van der Waals surface area contributed by atoms with Crippen molar-refractivity contribution >= 4 is 31.7 Å². The number of carbonyl (C=O) groups excluding carboxylic acids is 2. The lowest BCUT2D eigenvalue weighted by Gasteiger charge is -2.35. The van der Waals surface area contributed by atoms with Crippen molar-refractivity contribution in [2.24, 2.45) is 5.92 Å². The van der Waals surface area contributed by atoms with Gasteiger partial charge >= 0.3 is 6.09 Å². The monoisotopic (exact) mass is 488 g/mol. The highest BCUT2D eigenvalue weighted by atomic mass is 28.4. The molecule has 2 aromatic rings. The van der Waals surface area contributed by atoms with Gasteiger partial charge in [0.15, 0.2) is 20.2 Å². The van der Waals surface area contributed by atoms with Gasteiger partial charge in [0.1, 0.15) is 5.60 Å². The van der Waals surface area contributed by atoms with Gasteiger partial charge in [-0.15, -0.1) is 0 Å². The highest BCUT2D eigenvalue weighted by Crippen LogP contribution is 2.39. The number of hydrogen-bond donors (Lipinski definition) is 1. The summed E-state index contributed by atoms with van der Waals surface area (Å²) in [6, 6.07) is 3.93. The van der Waals surface area contributed by atoms with Gasteiger partial charge in [-0.3, -0.25) is 4.79 Å². The number of nitrogens with zero attached hydrogens (tertiary/aromatic N) is 2. The predicted octanol–water partition coefficient (Wildman–Crippen LogP) is 5.74. The van der Waals surface area contributed by atoms with E-state index in [0.29, 0.717) is 36.6 Å². The van der Waals surface area contributed by atoms with Gasteiger partial charge in [-0.25, -0.2) is 4.79 Å². The quantitative estimate of drug-likeness (QED) is 0.395. The van der Waals surface area contributed by atoms with Crippen molar-refractivity contribution in [3.8, 4) is 0 Å². The van der Waals surface area contributed by atoms with Gasteiger partial charge in [-0.1, -0.05) is 19.0 Å². The second-order valence-corrected chi connectivity index (χ2v) is 16.3. The summed E-state index contributed by atoms with van der Waals surface area (Å²) in [5.41, 5.74) is 2.44. The molecule has 1 aromatic heterocycles. The largest absolute Gasteiger partial charge is 0.444 e. The number of carbonyl (C=O) groups is 2. The molecule has 8 heteroatoms. The lowest BCUT2D eigenvalue weighted by molar-refractivity contribution is 0.0181. The first-order chi connectivity index (χ1) is 15.7. The molecule has 3 rings (SSSR count). The maximum Gasteiger partial charge on any atom is 0.410 e. The zero-order chi connectivity index (χ0) is 25.3. The Hall–Kier alpha value is -2.19. The molecule has 1 saturated heterocycles. The Kier molecular flexibility index (Phi) is 7.62. The predicted molar refractivity (Wildman–Crippen MR) is 136 cm³/mol. The van der Waals surface area contributed by atoms with Crippen molar-refractivity contribution in [3.63, 3.8) is 0 Å². The molecular formula is C26H40N2O5Si. The molecule has 7 nitrogen and oxygen atoms in total. The van der Waals surface area contributed by atoms with Gasteiger partial charge in [0, 0.05) is 18.5 Å². The van der Waals surface area contributed by atoms with Crippen molar-refractivity contribution < 1.29 is 23.6 Å². The summed E-state index contributed by atoms with van der Waals surface area (Å²) in [5, 5.41) is 4.95. The SMILES string of the molecule is CC(C)(C)OC(=O)N1CCC(CCc2noc3c(C=O)cc(CC(C)(C)[Si](C)(C)O)cc23)CC1. The molecule has 0 aliphatic carbocycles. The minimum atomic E-state index is -2.39. The van der Waals surface area contributed by atoms with Crippen LogP contribution in [0.3, 0.4) is 0 Å². The number of likely N-dealkylation sites (tertiary alicyclic amines) is 1. The van der Waals surface area contributed by atoms with Crippen LogP contribution in [0.15, 0.2) is 16.7 Å². The molecule has 0 radical (unpaired) electrons. The zero-order valence-corrected chi connectivity index (χ0v) is 22.7. The third-order valence-electron chi connectivity index (χ3n) is 7.22. The Morgan fingerprint density at radius 1 is 1.24 bits per heavy atom. The molecular weight excluding hydrogens is 448 g/mol. The van der Waals surface area contributed by atoms with Crippen LogP contribution in [-0.4, -0.2) is 54.2 Å². The standard InChI is InChI=1S/C26H40N2O5Si/c1-25(2,3)32-24(30)28-12-10-18(11-13-28)8-9-22-21-15-19(16-26(4,5)34(6,7)31)14-20(17-29)23(21)33-27-22/h14-15,17-18,31H,8-13,16H2,1-7H3. The van der Waals surface area contributed by atoms with E-state index < -0.39 is 13.9 Å². The van der Waals surface area contributed by atoms with Gasteiger partial charge in [0.2, 0.25) is 0 Å². The molecule has 1 aliphatic heterocycles. The number of amides is 1. The second kappa shape index (κ2) is 9.82. The Morgan fingerprint density at radius 3 is 2.44 bits per heavy atom. The fourth-order valence-corrected chi connectivity index (χ4v) is 4.98. The number of aromatic nitrogens is 1. The lowest BCUT2D eigenvalue weighted by atomic mass is 9.91. The van der Waals surface area contributed by atoms with Crippen LogP contribution >= 0.6 is 0 Å². The van der Waals surface area contributed by atoms with Crippen LogP contribution in [0.2, 0.25) is 18.1 Å². The van der Waals surface area contributed by atoms with E-state index in [2.05, 4.69) is 25.1 Å². The highest BCUT2D eigenvalue weighted by molar-refractivity contribution is 6.72. The number of ether oxygens (including phenoxy) is 1. The smallest absolute Gasteiger partial charge is 0.410 e. The van der Waals surface area contributed by atoms with Gasteiger partial charge < -0.3 is 19.0 Å². The van der Waals surface area contributed by atoms with Crippen LogP contribution in [0.5, 0.6) is 0 Å². The summed E-state index contributed by atoms with van der Waals surface area (Å²) >= 11 is 0. The minimum Gasteiger partial charge on any atom is -0.444 e. The van der Waals surface area contributed by atoms with E-state index in [9.17, 15) is 14.4 Å². The molecule has 1 aromatic carbocycles. The molecule has 0 saturated carbocycles. The van der Waals surface area contributed by atoms with Crippen molar-refractivity contribution in [2.75, 3.05) is 13.1 Å². The van der Waals surface area contributed by atoms with Crippen LogP contribution < -0.4 is 0 Å². The highest BCUT2D eigenvalue weighted by Gasteiger charge is 2.38. The molecule has 188 valence electrons. The number of hydrogen-bond acceptors (Lipinski definition) is 6. The molecule has 1 amide bonds. The lowest BCUT2D eigenvalue weighted by Crippen LogP contribution is -2.41. The van der Waals surface area contributed by atoms with Crippen LogP contribution in [0, 0.1) is 5.92 Å². The molecule has 2 heterocycles. The first-order valence-electron chi connectivity index (χ1n) is 12.3. The Morgan fingerprint density at radius 2 is 1.88 bits per heavy atom. The number of fused-ring (bicyclic) bond motifs is 1. The van der Waals surface area contributed by atoms with Crippen molar-refractivity contribution in [3.05, 3.63) is 29.0 Å². The van der Waals surface area contributed by atoms with Gasteiger partial charge in [0.05, 0.1) is 11.3 Å². The summed E-state index contributed by atoms with van der Waals surface area (Å²) in [6.07, 6.45) is 4.85. The molecule has 1 fully saturated rings. The van der Waals surface area contributed by atoms with Crippen LogP contribution in [0.1, 0.15) is 75.5 Å². The third kappa shape index (κ3) is 6.27. The number of aldehydes is 1. The third-order valence-corrected chi connectivity index (χ3v) is 10.7. The van der Waals surface area contributed by atoms with E-state index in [1.807, 2.05) is 39.9 Å². The number of piperidine rings is 1. The number of aryl methyl sites for hydroxylation is 1. The van der Waals surface area contributed by atoms with Gasteiger partial charge in [-0.2, -0.15) is 0 Å². The van der Waals surface area contributed by atoms with Crippen molar-refractivity contribution in [2.45, 2.75) is 90.5 Å². The normalized spacial score (nSPS) is 16.2. The summed E-state index contributed by atoms with van der Waals surface area (Å²) in [6.45, 7) is 15.1. The first-order valence-corrected chi connectivity index (χ1v) is 15.2. The van der Waals surface area contributed by atoms with Crippen LogP contribution in [0.4, 0.5) is 4.79 Å². The number of rotatable bonds is 7. The Labute approximate surface area is 204 Å². The Balaban J connectivity index is 1.68. The summed E-state index contributed by atoms with van der Waals surface area (Å²) in [5.74, 6) is 0.499. The molecule has 1 N–H and O–H groups in total. The zero-order valence-electron chi connectivity index (χ0n) is 21.7. The van der Waals surface area contributed by atoms with Gasteiger partial charge in [-0.05, 0) is 94.6 Å². The maximum atomic E-state index is 12.3. The second-order valence-electron chi connectivity index (χ2n) is 11.9. The maximum absolute atomic E-state index is 12.3. The number of benzene rings is 1. The van der Waals surface area contributed by atoms with E-state index in [1.54, 1.807) is 4.90 Å². The van der Waals surface area contributed by atoms with E-state index in [-0.39, 0.29) is 11.1 Å². The molecule has 0 bridgehead atoms. The van der Waals surface area contributed by atoms with Crippen LogP contribution in [0.25, 0.3) is 11.0 Å². The van der Waals surface area contributed by atoms with E-state index in [4.69, 9.17) is 9.26 Å². The molecule has 0 unspecified atom stereocenters. The molecule has 0 spiro atoms. The van der Waals surface area contributed by atoms with Crippen molar-refractivity contribution in [1.82, 2.24) is 10.1 Å². The summed E-state index contributed by atoms with van der Waals surface area (Å²) in [4.78, 5) is 36.6. The summed E-state index contributed by atoms with van der Waals surface area (Å²) < 4.78 is 11.1. The molecule has 34 heavy (non-hydrogen) atoms. The fourth-order valence-electron chi connectivity index (χ4n) is 4.35. The minimum absolute atomic E-state index is 0.236. The average Bonchev–Trinajstić information content (AvgIpc) is 3.12. The fraction of sp³-hybridized carbons (Fsp3) is 0.654. The molecule has 1 aliphatic rings. The van der Waals surface area contributed by atoms with Crippen molar-refractivity contribution in [1.29, 1.82) is 0 Å². The molecule has 0 atom stereocenters. The van der Waals surface area contributed by atoms with Crippen LogP contribution in [-0.2, 0) is 17.6 Å². The van der Waals surface area contributed by atoms with E-state index in [1.165, 1.54) is 0 Å². The van der Waals surface area contributed by atoms with E-state index >= 15 is 0 Å². The first kappa shape index (κ1) is 26.4.